The number of benzene rings is 1. The van der Waals surface area contributed by atoms with E-state index < -0.39 is 18.3 Å². The van der Waals surface area contributed by atoms with E-state index in [1.54, 1.807) is 4.90 Å². The number of amides is 2. The number of unbranched alkanes of at least 4 members (excludes halogenated alkanes) is 1. The van der Waals surface area contributed by atoms with Gasteiger partial charge in [-0.05, 0) is 30.5 Å². The molecule has 1 aromatic heterocycles. The molecule has 178 valence electrons. The molecule has 34 heavy (non-hydrogen) atoms. The number of nitrogens with one attached hydrogen (secondary N) is 1. The molecule has 3 heterocycles. The Bertz CT molecular complexity index is 1190. The largest absolute Gasteiger partial charge is 0.586 e. The van der Waals surface area contributed by atoms with Crippen molar-refractivity contribution in [3.05, 3.63) is 45.8 Å². The molecule has 0 radical (unpaired) electrons. The fourth-order valence-electron chi connectivity index (χ4n) is 3.60. The number of anilines is 1. The smallest absolute Gasteiger partial charge is 0.449 e. The van der Waals surface area contributed by atoms with E-state index in [9.17, 15) is 23.6 Å². The van der Waals surface area contributed by atoms with Crippen LogP contribution in [-0.4, -0.2) is 36.3 Å². The number of thiophene rings is 1. The number of carbonyl (C=O) groups excluding carboxylic acids is 2. The molecule has 1 N–H and O–H groups in total. The first-order valence-corrected chi connectivity index (χ1v) is 11.5. The molecule has 0 saturated heterocycles. The first-order chi connectivity index (χ1) is 16.3. The number of hydrogen-bond donors (Lipinski definition) is 1. The van der Waals surface area contributed by atoms with Gasteiger partial charge in [0.25, 0.3) is 0 Å². The lowest BCUT2D eigenvalue weighted by Crippen LogP contribution is -2.36. The maximum absolute atomic E-state index is 13.3. The second-order valence-electron chi connectivity index (χ2n) is 7.62. The van der Waals surface area contributed by atoms with Crippen molar-refractivity contribution in [1.82, 2.24) is 4.90 Å². The van der Waals surface area contributed by atoms with Crippen LogP contribution in [0.1, 0.15) is 41.3 Å². The van der Waals surface area contributed by atoms with Gasteiger partial charge < -0.3 is 24.4 Å². The maximum Gasteiger partial charge on any atom is 0.586 e. The summed E-state index contributed by atoms with van der Waals surface area (Å²) in [7, 11) is 0. The zero-order chi connectivity index (χ0) is 24.3. The topological polar surface area (TPSA) is 101 Å². The van der Waals surface area contributed by atoms with Crippen LogP contribution in [0.15, 0.2) is 24.3 Å². The molecule has 0 spiro atoms. The number of ether oxygens (including phenoxy) is 3. The van der Waals surface area contributed by atoms with Crippen LogP contribution in [0.2, 0.25) is 0 Å². The average Bonchev–Trinajstić information content (AvgIpc) is 3.31. The normalized spacial score (nSPS) is 15.6. The molecule has 4 rings (SSSR count). The molecule has 0 aliphatic carbocycles. The third kappa shape index (κ3) is 4.97. The molecule has 0 saturated carbocycles. The summed E-state index contributed by atoms with van der Waals surface area (Å²) in [5.41, 5.74) is 1.41. The van der Waals surface area contributed by atoms with Crippen molar-refractivity contribution in [3.63, 3.8) is 0 Å². The predicted octanol–water partition coefficient (Wildman–Crippen LogP) is 4.89. The monoisotopic (exact) mass is 489 g/mol. The molecule has 0 fully saturated rings. The van der Waals surface area contributed by atoms with Crippen molar-refractivity contribution in [2.24, 2.45) is 0 Å². The molecular formula is C23H21F2N3O5S. The van der Waals surface area contributed by atoms with Crippen LogP contribution in [0.4, 0.5) is 18.6 Å². The van der Waals surface area contributed by atoms with Gasteiger partial charge in [-0.2, -0.15) is 5.26 Å². The van der Waals surface area contributed by atoms with E-state index in [4.69, 9.17) is 4.74 Å². The molecule has 0 atom stereocenters. The molecule has 1 aromatic carbocycles. The SMILES string of the molecule is CCCCOC(=O)N1CCc2c(sc(NC(=O)/C=C/c3cccc4c3OC(F)(F)O4)c2C#N)C1. The van der Waals surface area contributed by atoms with Gasteiger partial charge >= 0.3 is 12.4 Å². The van der Waals surface area contributed by atoms with Crippen LogP contribution in [0.3, 0.4) is 0 Å². The highest BCUT2D eigenvalue weighted by Gasteiger charge is 2.44. The average molecular weight is 490 g/mol. The number of nitriles is 1. The van der Waals surface area contributed by atoms with Crippen LogP contribution in [-0.2, 0) is 22.5 Å². The van der Waals surface area contributed by atoms with E-state index in [0.29, 0.717) is 36.7 Å². The van der Waals surface area contributed by atoms with Gasteiger partial charge in [0.05, 0.1) is 18.7 Å². The molecule has 2 amide bonds. The number of rotatable bonds is 6. The Balaban J connectivity index is 1.45. The molecule has 0 unspecified atom stereocenters. The summed E-state index contributed by atoms with van der Waals surface area (Å²) in [6.07, 6.45) is 0.518. The molecule has 0 bridgehead atoms. The third-order valence-electron chi connectivity index (χ3n) is 5.26. The minimum atomic E-state index is -3.76. The number of para-hydroxylation sites is 1. The zero-order valence-electron chi connectivity index (χ0n) is 18.2. The van der Waals surface area contributed by atoms with Crippen LogP contribution < -0.4 is 14.8 Å². The van der Waals surface area contributed by atoms with Gasteiger partial charge in [-0.15, -0.1) is 20.1 Å². The van der Waals surface area contributed by atoms with E-state index in [2.05, 4.69) is 20.9 Å². The lowest BCUT2D eigenvalue weighted by Gasteiger charge is -2.26. The highest BCUT2D eigenvalue weighted by atomic mass is 32.1. The zero-order valence-corrected chi connectivity index (χ0v) is 19.0. The number of nitrogens with zero attached hydrogens (tertiary/aromatic N) is 2. The Kier molecular flexibility index (Phi) is 6.70. The number of fused-ring (bicyclic) bond motifs is 2. The van der Waals surface area contributed by atoms with Crippen molar-refractivity contribution in [2.45, 2.75) is 39.0 Å². The van der Waals surface area contributed by atoms with Gasteiger partial charge in [-0.3, -0.25) is 4.79 Å². The Morgan fingerprint density at radius 2 is 2.21 bits per heavy atom. The van der Waals surface area contributed by atoms with Gasteiger partial charge in [0.15, 0.2) is 11.5 Å². The first kappa shape index (κ1) is 23.5. The summed E-state index contributed by atoms with van der Waals surface area (Å²) in [6.45, 7) is 3.09. The quantitative estimate of drug-likeness (QED) is 0.458. The fourth-order valence-corrected chi connectivity index (χ4v) is 4.82. The molecular weight excluding hydrogens is 468 g/mol. The van der Waals surface area contributed by atoms with Gasteiger partial charge in [0.2, 0.25) is 5.91 Å². The van der Waals surface area contributed by atoms with E-state index in [1.807, 2.05) is 6.92 Å². The van der Waals surface area contributed by atoms with Crippen LogP contribution in [0.5, 0.6) is 11.5 Å². The first-order valence-electron chi connectivity index (χ1n) is 10.7. The van der Waals surface area contributed by atoms with E-state index >= 15 is 0 Å². The third-order valence-corrected chi connectivity index (χ3v) is 6.39. The van der Waals surface area contributed by atoms with Crippen molar-refractivity contribution in [2.75, 3.05) is 18.5 Å². The lowest BCUT2D eigenvalue weighted by molar-refractivity contribution is -0.286. The van der Waals surface area contributed by atoms with E-state index in [0.717, 1.165) is 29.4 Å². The molecule has 2 aliphatic rings. The number of hydrogen-bond acceptors (Lipinski definition) is 7. The Labute approximate surface area is 198 Å². The molecule has 11 heteroatoms. The summed E-state index contributed by atoms with van der Waals surface area (Å²) >= 11 is 1.22. The van der Waals surface area contributed by atoms with Gasteiger partial charge in [0, 0.05) is 23.1 Å². The minimum absolute atomic E-state index is 0.122. The van der Waals surface area contributed by atoms with Crippen LogP contribution in [0.25, 0.3) is 6.08 Å². The molecule has 8 nitrogen and oxygen atoms in total. The van der Waals surface area contributed by atoms with Gasteiger partial charge in [0.1, 0.15) is 11.1 Å². The summed E-state index contributed by atoms with van der Waals surface area (Å²) in [6, 6.07) is 6.48. The predicted molar refractivity (Wildman–Crippen MR) is 120 cm³/mol. The Hall–Kier alpha value is -3.65. The Morgan fingerprint density at radius 3 is 2.97 bits per heavy atom. The minimum Gasteiger partial charge on any atom is -0.449 e. The second kappa shape index (κ2) is 9.69. The standard InChI is InChI=1S/C23H21F2N3O5S/c1-2-3-11-31-22(30)28-10-9-15-16(12-26)21(34-18(15)13-28)27-19(29)8-7-14-5-4-6-17-20(14)33-23(24,25)32-17/h4-8H,2-3,9-11,13H2,1H3,(H,27,29)/b8-7+. The highest BCUT2D eigenvalue weighted by molar-refractivity contribution is 7.16. The maximum atomic E-state index is 13.3. The van der Waals surface area contributed by atoms with Crippen molar-refractivity contribution in [3.8, 4) is 17.6 Å². The van der Waals surface area contributed by atoms with Crippen molar-refractivity contribution in [1.29, 1.82) is 5.26 Å². The Morgan fingerprint density at radius 1 is 1.38 bits per heavy atom. The van der Waals surface area contributed by atoms with Crippen LogP contribution in [0, 0.1) is 11.3 Å². The fraction of sp³-hybridized carbons (Fsp3) is 0.348. The summed E-state index contributed by atoms with van der Waals surface area (Å²) in [5.74, 6) is -0.830. The number of alkyl halides is 2. The highest BCUT2D eigenvalue weighted by Crippen LogP contribution is 2.43. The van der Waals surface area contributed by atoms with E-state index in [-0.39, 0.29) is 17.1 Å². The van der Waals surface area contributed by atoms with Gasteiger partial charge in [-0.1, -0.05) is 25.5 Å². The van der Waals surface area contributed by atoms with Gasteiger partial charge in [-0.25, -0.2) is 4.79 Å². The summed E-state index contributed by atoms with van der Waals surface area (Å²) in [5, 5.41) is 12.7. The second-order valence-corrected chi connectivity index (χ2v) is 8.73. The number of carbonyl (C=O) groups is 2. The lowest BCUT2D eigenvalue weighted by atomic mass is 10.0. The number of halogens is 2. The molecule has 2 aliphatic heterocycles. The van der Waals surface area contributed by atoms with Crippen LogP contribution >= 0.6 is 11.3 Å². The summed E-state index contributed by atoms with van der Waals surface area (Å²) < 4.78 is 40.9. The van der Waals surface area contributed by atoms with E-state index in [1.165, 1.54) is 35.6 Å². The molecule has 2 aromatic rings. The van der Waals surface area contributed by atoms with Crippen molar-refractivity contribution >= 4 is 34.4 Å². The van der Waals surface area contributed by atoms with Crippen molar-refractivity contribution < 1.29 is 32.6 Å². The summed E-state index contributed by atoms with van der Waals surface area (Å²) in [4.78, 5) is 27.2.